The summed E-state index contributed by atoms with van der Waals surface area (Å²) in [6.07, 6.45) is 2.39. The molecule has 0 saturated heterocycles. The molecule has 0 heterocycles. The van der Waals surface area contributed by atoms with E-state index in [9.17, 15) is 14.4 Å². The van der Waals surface area contributed by atoms with E-state index < -0.39 is 11.3 Å². The predicted octanol–water partition coefficient (Wildman–Crippen LogP) is 4.77. The number of hydrogen-bond donors (Lipinski definition) is 0. The van der Waals surface area contributed by atoms with Crippen LogP contribution in [-0.4, -0.2) is 17.3 Å². The largest absolute Gasteiger partial charge is 0.298 e. The summed E-state index contributed by atoms with van der Waals surface area (Å²) in [6, 6.07) is 19.0. The van der Waals surface area contributed by atoms with Gasteiger partial charge in [-0.1, -0.05) is 74.5 Å². The Labute approximate surface area is 165 Å². The molecule has 2 aromatic carbocycles. The zero-order valence-electron chi connectivity index (χ0n) is 16.3. The van der Waals surface area contributed by atoms with Gasteiger partial charge in [-0.05, 0) is 28.2 Å². The van der Waals surface area contributed by atoms with E-state index in [1.165, 1.54) is 0 Å². The van der Waals surface area contributed by atoms with Crippen LogP contribution < -0.4 is 0 Å². The molecule has 0 N–H and O–H groups in total. The van der Waals surface area contributed by atoms with Crippen LogP contribution in [0.4, 0.5) is 0 Å². The van der Waals surface area contributed by atoms with Gasteiger partial charge in [0.05, 0.1) is 0 Å². The molecule has 1 unspecified atom stereocenters. The topological polar surface area (TPSA) is 51.2 Å². The van der Waals surface area contributed by atoms with E-state index in [0.29, 0.717) is 18.4 Å². The van der Waals surface area contributed by atoms with Crippen LogP contribution in [0, 0.1) is 10.8 Å². The van der Waals surface area contributed by atoms with Gasteiger partial charge in [-0.15, -0.1) is 0 Å². The highest BCUT2D eigenvalue weighted by atomic mass is 16.2. The highest BCUT2D eigenvalue weighted by molar-refractivity contribution is 6.23. The van der Waals surface area contributed by atoms with Gasteiger partial charge >= 0.3 is 0 Å². The lowest BCUT2D eigenvalue weighted by atomic mass is 9.51. The second-order valence-corrected chi connectivity index (χ2v) is 8.73. The fourth-order valence-corrected chi connectivity index (χ4v) is 4.91. The van der Waals surface area contributed by atoms with Crippen molar-refractivity contribution >= 4 is 22.9 Å². The third kappa shape index (κ3) is 2.86. The van der Waals surface area contributed by atoms with Gasteiger partial charge in [0.1, 0.15) is 5.41 Å². The van der Waals surface area contributed by atoms with Crippen molar-refractivity contribution < 1.29 is 14.4 Å². The van der Waals surface area contributed by atoms with Gasteiger partial charge in [0.15, 0.2) is 17.3 Å². The predicted molar refractivity (Wildman–Crippen MR) is 109 cm³/mol. The van der Waals surface area contributed by atoms with Crippen molar-refractivity contribution in [3.8, 4) is 0 Å². The third-order valence-electron chi connectivity index (χ3n) is 6.10. The van der Waals surface area contributed by atoms with Crippen molar-refractivity contribution in [3.63, 3.8) is 0 Å². The first-order valence-corrected chi connectivity index (χ1v) is 9.76. The minimum atomic E-state index is -1.29. The van der Waals surface area contributed by atoms with Crippen molar-refractivity contribution in [3.05, 3.63) is 77.9 Å². The minimum Gasteiger partial charge on any atom is -0.298 e. The van der Waals surface area contributed by atoms with E-state index in [1.54, 1.807) is 6.08 Å². The number of rotatable bonds is 2. The molecule has 0 aromatic heterocycles. The molecule has 28 heavy (non-hydrogen) atoms. The molecular weight excluding hydrogens is 348 g/mol. The van der Waals surface area contributed by atoms with Crippen molar-refractivity contribution in [1.29, 1.82) is 0 Å². The average molecular weight is 372 g/mol. The van der Waals surface area contributed by atoms with E-state index in [2.05, 4.69) is 0 Å². The van der Waals surface area contributed by atoms with Crippen molar-refractivity contribution in [2.24, 2.45) is 10.8 Å². The van der Waals surface area contributed by atoms with Crippen LogP contribution in [0.15, 0.2) is 66.7 Å². The second-order valence-electron chi connectivity index (χ2n) is 8.73. The number of carbonyl (C=O) groups is 3. The lowest BCUT2D eigenvalue weighted by Crippen LogP contribution is -2.53. The number of carbonyl (C=O) groups excluding carboxylic acids is 3. The molecule has 0 bridgehead atoms. The Morgan fingerprint density at radius 1 is 0.786 bits per heavy atom. The molecule has 2 aliphatic rings. The molecular formula is C25H24O3. The highest BCUT2D eigenvalue weighted by Crippen LogP contribution is 2.57. The summed E-state index contributed by atoms with van der Waals surface area (Å²) in [5, 5.41) is 0. The van der Waals surface area contributed by atoms with E-state index in [-0.39, 0.29) is 29.2 Å². The smallest absolute Gasteiger partial charge is 0.156 e. The molecule has 2 aromatic rings. The fraction of sp³-hybridized carbons (Fsp3) is 0.320. The summed E-state index contributed by atoms with van der Waals surface area (Å²) in [5.74, 6) is -0.628. The van der Waals surface area contributed by atoms with Crippen molar-refractivity contribution in [2.75, 3.05) is 0 Å². The maximum absolute atomic E-state index is 13.7. The molecule has 4 rings (SSSR count). The van der Waals surface area contributed by atoms with E-state index in [4.69, 9.17) is 0 Å². The molecule has 1 atom stereocenters. The Bertz CT molecular complexity index is 947. The van der Waals surface area contributed by atoms with E-state index >= 15 is 0 Å². The Hall–Kier alpha value is -2.81. The lowest BCUT2D eigenvalue weighted by molar-refractivity contribution is -0.146. The Kier molecular flexibility index (Phi) is 4.41. The van der Waals surface area contributed by atoms with Crippen LogP contribution in [0.3, 0.4) is 0 Å². The lowest BCUT2D eigenvalue weighted by Gasteiger charge is -2.48. The first-order chi connectivity index (χ1) is 13.3. The Morgan fingerprint density at radius 3 is 1.89 bits per heavy atom. The Balaban J connectivity index is 1.99. The quantitative estimate of drug-likeness (QED) is 0.714. The van der Waals surface area contributed by atoms with Crippen molar-refractivity contribution in [1.82, 2.24) is 0 Å². The number of allylic oxidation sites excluding steroid dienone is 2. The molecule has 1 saturated carbocycles. The number of Topliss-reactive ketones (excluding diaryl/α,β-unsaturated/α-hetero) is 2. The maximum atomic E-state index is 13.7. The fourth-order valence-electron chi connectivity index (χ4n) is 4.91. The summed E-state index contributed by atoms with van der Waals surface area (Å²) in [5.41, 5.74) is 0.580. The number of benzene rings is 2. The highest BCUT2D eigenvalue weighted by Gasteiger charge is 2.60. The maximum Gasteiger partial charge on any atom is 0.156 e. The van der Waals surface area contributed by atoms with Crippen LogP contribution >= 0.6 is 0 Å². The van der Waals surface area contributed by atoms with E-state index in [0.717, 1.165) is 11.1 Å². The molecule has 1 spiro atoms. The standard InChI is InChI=1S/C25H24O3/c1-24(2)15-22(27)25(23(28)16-24)20(17-9-5-3-6-10-17)13-19(26)14-21(25)18-11-7-4-8-12-18/h3-13,21H,14-16H2,1-2H3. The van der Waals surface area contributed by atoms with Gasteiger partial charge in [0.25, 0.3) is 0 Å². The molecule has 0 aliphatic heterocycles. The SMILES string of the molecule is CC1(C)CC(=O)C2(C(=O)C1)C(c1ccccc1)=CC(=O)CC2c1ccccc1. The van der Waals surface area contributed by atoms with Crippen LogP contribution in [0.2, 0.25) is 0 Å². The summed E-state index contributed by atoms with van der Waals surface area (Å²) in [6.45, 7) is 3.93. The van der Waals surface area contributed by atoms with Crippen LogP contribution in [-0.2, 0) is 14.4 Å². The average Bonchev–Trinajstić information content (AvgIpc) is 2.67. The summed E-state index contributed by atoms with van der Waals surface area (Å²) in [7, 11) is 0. The van der Waals surface area contributed by atoms with Crippen LogP contribution in [0.25, 0.3) is 5.57 Å². The first-order valence-electron chi connectivity index (χ1n) is 9.76. The molecule has 2 aliphatic carbocycles. The molecule has 0 amide bonds. The summed E-state index contributed by atoms with van der Waals surface area (Å²) >= 11 is 0. The molecule has 142 valence electrons. The van der Waals surface area contributed by atoms with Gasteiger partial charge in [-0.25, -0.2) is 0 Å². The van der Waals surface area contributed by atoms with Crippen LogP contribution in [0.1, 0.15) is 50.2 Å². The normalized spacial score (nSPS) is 23.6. The monoisotopic (exact) mass is 372 g/mol. The van der Waals surface area contributed by atoms with Gasteiger partial charge in [0.2, 0.25) is 0 Å². The summed E-state index contributed by atoms with van der Waals surface area (Å²) < 4.78 is 0. The van der Waals surface area contributed by atoms with Gasteiger partial charge in [0, 0.05) is 25.2 Å². The summed E-state index contributed by atoms with van der Waals surface area (Å²) in [4.78, 5) is 40.1. The second kappa shape index (κ2) is 6.66. The van der Waals surface area contributed by atoms with Crippen LogP contribution in [0.5, 0.6) is 0 Å². The Morgan fingerprint density at radius 2 is 1.32 bits per heavy atom. The van der Waals surface area contributed by atoms with Crippen molar-refractivity contribution in [2.45, 2.75) is 39.0 Å². The zero-order chi connectivity index (χ0) is 19.9. The molecule has 3 nitrogen and oxygen atoms in total. The zero-order valence-corrected chi connectivity index (χ0v) is 16.3. The number of hydrogen-bond acceptors (Lipinski definition) is 3. The third-order valence-corrected chi connectivity index (χ3v) is 6.10. The van der Waals surface area contributed by atoms with Gasteiger partial charge in [-0.3, -0.25) is 14.4 Å². The minimum absolute atomic E-state index is 0.0382. The molecule has 0 radical (unpaired) electrons. The first kappa shape index (κ1) is 18.5. The van der Waals surface area contributed by atoms with E-state index in [1.807, 2.05) is 74.5 Å². The van der Waals surface area contributed by atoms with Gasteiger partial charge in [-0.2, -0.15) is 0 Å². The molecule has 3 heteroatoms. The molecule has 1 fully saturated rings. The van der Waals surface area contributed by atoms with Gasteiger partial charge < -0.3 is 0 Å². The number of ketones is 3.